The molecule has 0 aromatic heterocycles. The first kappa shape index (κ1) is 90.5. The van der Waals surface area contributed by atoms with Crippen LogP contribution in [0.1, 0.15) is 354 Å². The minimum absolute atomic E-state index is 0.0718. The monoisotopic (exact) mass is 1600 g/mol. The van der Waals surface area contributed by atoms with Gasteiger partial charge in [0.25, 0.3) is 0 Å². The van der Waals surface area contributed by atoms with Crippen LogP contribution >= 0.6 is 0 Å². The highest BCUT2D eigenvalue weighted by molar-refractivity contribution is 5.75. The van der Waals surface area contributed by atoms with Crippen LogP contribution in [0.25, 0.3) is 0 Å². The Morgan fingerprint density at radius 1 is 0.383 bits per heavy atom. The Hall–Kier alpha value is -3.78. The molecular formula is C101H174N8O6. The van der Waals surface area contributed by atoms with Gasteiger partial charge in [0.05, 0.1) is 0 Å². The summed E-state index contributed by atoms with van der Waals surface area (Å²) in [5, 5.41) is 9.56. The van der Waals surface area contributed by atoms with Crippen molar-refractivity contribution in [2.24, 2.45) is 155 Å². The quantitative estimate of drug-likeness (QED) is 0.0130. The maximum Gasteiger partial charge on any atom is 0.407 e. The third kappa shape index (κ3) is 21.1. The maximum atomic E-state index is 13.7. The lowest BCUT2D eigenvalue weighted by Gasteiger charge is -2.58. The van der Waals surface area contributed by atoms with Crippen LogP contribution in [0, 0.1) is 139 Å². The predicted octanol–water partition coefficient (Wildman–Crippen LogP) is 23.6. The number of aliphatic imine (C=N–C) groups is 1. The Bertz CT molecular complexity index is 3140. The summed E-state index contributed by atoms with van der Waals surface area (Å²) in [7, 11) is 0. The van der Waals surface area contributed by atoms with E-state index in [2.05, 4.69) is 153 Å². The molecule has 24 atom stereocenters. The van der Waals surface area contributed by atoms with Crippen LogP contribution in [0.15, 0.2) is 39.9 Å². The first-order valence-corrected chi connectivity index (χ1v) is 49.4. The van der Waals surface area contributed by atoms with E-state index in [1.54, 1.807) is 16.7 Å². The highest BCUT2D eigenvalue weighted by Gasteiger charge is 2.63. The second kappa shape index (κ2) is 40.0. The molecule has 0 heterocycles. The van der Waals surface area contributed by atoms with E-state index in [4.69, 9.17) is 25.7 Å². The van der Waals surface area contributed by atoms with Gasteiger partial charge in [-0.15, -0.1) is 0 Å². The van der Waals surface area contributed by atoms with Gasteiger partial charge in [-0.1, -0.05) is 197 Å². The van der Waals surface area contributed by atoms with Gasteiger partial charge >= 0.3 is 18.3 Å². The van der Waals surface area contributed by atoms with Crippen LogP contribution in [-0.2, 0) is 14.2 Å². The van der Waals surface area contributed by atoms with E-state index in [0.717, 1.165) is 242 Å². The van der Waals surface area contributed by atoms with Crippen LogP contribution < -0.4 is 27.4 Å². The fourth-order valence-electron chi connectivity index (χ4n) is 30.2. The molecule has 115 heavy (non-hydrogen) atoms. The molecule has 14 heteroatoms. The summed E-state index contributed by atoms with van der Waals surface area (Å²) in [5.74, 6) is 14.7. The fourth-order valence-corrected chi connectivity index (χ4v) is 30.2. The normalized spacial score (nSPS) is 37.3. The zero-order valence-corrected chi connectivity index (χ0v) is 76.5. The van der Waals surface area contributed by atoms with Gasteiger partial charge in [-0.25, -0.2) is 14.4 Å². The van der Waals surface area contributed by atoms with Crippen LogP contribution in [-0.4, -0.2) is 118 Å². The summed E-state index contributed by atoms with van der Waals surface area (Å²) < 4.78 is 18.9. The second-order valence-electron chi connectivity index (χ2n) is 44.6. The number of amides is 3. The molecule has 24 unspecified atom stereocenters. The largest absolute Gasteiger partial charge is 0.446 e. The van der Waals surface area contributed by atoms with E-state index in [1.807, 2.05) is 0 Å². The van der Waals surface area contributed by atoms with Crippen LogP contribution in [0.4, 0.5) is 14.4 Å². The molecular weight excluding hydrogens is 1420 g/mol. The smallest absolute Gasteiger partial charge is 0.407 e. The third-order valence-corrected chi connectivity index (χ3v) is 36.5. The zero-order valence-electron chi connectivity index (χ0n) is 76.5. The molecule has 12 rings (SSSR count). The number of guanidine groups is 1. The van der Waals surface area contributed by atoms with Gasteiger partial charge < -0.3 is 51.4 Å². The van der Waals surface area contributed by atoms with Gasteiger partial charge in [-0.3, -0.25) is 4.99 Å². The zero-order chi connectivity index (χ0) is 82.0. The number of unbranched alkanes of at least 4 members (excludes halogenated alkanes) is 1. The van der Waals surface area contributed by atoms with Crippen LogP contribution in [0.3, 0.4) is 0 Å². The Morgan fingerprint density at radius 3 is 0.974 bits per heavy atom. The summed E-state index contributed by atoms with van der Waals surface area (Å²) in [6, 6.07) is 0. The van der Waals surface area contributed by atoms with Crippen LogP contribution in [0.5, 0.6) is 0 Å². The Kier molecular flexibility index (Phi) is 31.5. The topological polar surface area (TPSA) is 186 Å². The van der Waals surface area contributed by atoms with Crippen LogP contribution in [0.2, 0.25) is 0 Å². The first-order valence-electron chi connectivity index (χ1n) is 49.4. The number of carbonyl (C=O) groups is 3. The van der Waals surface area contributed by atoms with E-state index in [1.165, 1.54) is 154 Å². The molecule has 14 nitrogen and oxygen atoms in total. The summed E-state index contributed by atoms with van der Waals surface area (Å²) in [6.07, 6.45) is 53.5. The lowest BCUT2D eigenvalue weighted by atomic mass is 9.47. The number of alkyl carbamates (subject to hydrolysis) is 3. The average molecular weight is 1600 g/mol. The Morgan fingerprint density at radius 2 is 0.678 bits per heavy atom. The lowest BCUT2D eigenvalue weighted by Crippen LogP contribution is -2.51. The molecule has 12 aliphatic rings. The number of rotatable bonds is 39. The van der Waals surface area contributed by atoms with Crippen molar-refractivity contribution >= 4 is 24.2 Å². The molecule has 9 fully saturated rings. The van der Waals surface area contributed by atoms with Crippen molar-refractivity contribution in [1.82, 2.24) is 25.8 Å². The number of nitrogens with zero attached hydrogens (tertiary/aromatic N) is 3. The van der Waals surface area contributed by atoms with E-state index < -0.39 is 0 Å². The van der Waals surface area contributed by atoms with Crippen molar-refractivity contribution in [3.63, 3.8) is 0 Å². The highest BCUT2D eigenvalue weighted by atomic mass is 16.6. The van der Waals surface area contributed by atoms with Crippen molar-refractivity contribution in [3.05, 3.63) is 34.9 Å². The number of nitrogens with two attached hydrogens (primary N) is 2. The molecule has 0 aliphatic heterocycles. The van der Waals surface area contributed by atoms with Gasteiger partial charge in [-0.05, 0) is 352 Å². The molecule has 654 valence electrons. The molecule has 0 bridgehead atoms. The molecule has 7 N–H and O–H groups in total. The predicted molar refractivity (Wildman–Crippen MR) is 475 cm³/mol. The van der Waals surface area contributed by atoms with Gasteiger partial charge in [-0.2, -0.15) is 0 Å². The first-order chi connectivity index (χ1) is 54.9. The third-order valence-electron chi connectivity index (χ3n) is 36.5. The molecule has 0 spiro atoms. The van der Waals surface area contributed by atoms with Crippen molar-refractivity contribution in [1.29, 1.82) is 0 Å². The molecule has 3 amide bonds. The number of carbonyl (C=O) groups excluding carboxylic acids is 3. The standard InChI is InChI=1S/C101H174N8O6/c1-68(2)25-18-28-71(7)83-37-40-86-80-34-31-74-65-77(43-49-96(74,10)89(80)46-52-99(83,86)13)113-93(110)105-56-22-62-108(61-21-55-104-92(102)103)59-16-17-60-109(63-23-57-106-94(111)114-78-44-50-97(11)75(66-78)32-35-81-87-41-38-84(72(8)29-19-26-69(3)4)100(87,14)53-47-90(81)97)64-24-58-107-95(112)115-79-45-51-98(12)76(67-79)33-36-82-88-42-39-85(73(9)30-20-27-70(5)6)101(88,15)54-48-91(82)98/h31-33,68-73,77-91H,16-30,34-67H2,1-15H3,(H,105,110)(H,106,111)(H,107,112)(H4,102,103,104). The maximum absolute atomic E-state index is 13.7. The number of hydrogen-bond acceptors (Lipinski definition) is 9. The lowest BCUT2D eigenvalue weighted by molar-refractivity contribution is -0.0581. The Balaban J connectivity index is 0.601. The van der Waals surface area contributed by atoms with E-state index in [-0.39, 0.29) is 58.8 Å². The van der Waals surface area contributed by atoms with E-state index in [0.29, 0.717) is 42.4 Å². The number of nitrogens with one attached hydrogen (secondary N) is 3. The summed E-state index contributed by atoms with van der Waals surface area (Å²) in [4.78, 5) is 50.4. The number of fused-ring (bicyclic) bond motifs is 15. The molecule has 0 aromatic rings. The minimum atomic E-state index is -0.284. The molecule has 0 aromatic carbocycles. The van der Waals surface area contributed by atoms with Crippen molar-refractivity contribution in [2.75, 3.05) is 65.4 Å². The Labute approximate surface area is 703 Å². The van der Waals surface area contributed by atoms with E-state index >= 15 is 0 Å². The summed E-state index contributed by atoms with van der Waals surface area (Å²) >= 11 is 0. The van der Waals surface area contributed by atoms with Gasteiger partial charge in [0.1, 0.15) is 18.3 Å². The van der Waals surface area contributed by atoms with Crippen molar-refractivity contribution in [2.45, 2.75) is 373 Å². The molecule has 9 saturated carbocycles. The molecule has 0 radical (unpaired) electrons. The van der Waals surface area contributed by atoms with Crippen molar-refractivity contribution < 1.29 is 28.6 Å². The summed E-state index contributed by atoms with van der Waals surface area (Å²) in [5.41, 5.74) is 18.3. The average Bonchev–Trinajstić information content (AvgIpc) is 1.68. The minimum Gasteiger partial charge on any atom is -0.446 e. The number of hydrogen-bond donors (Lipinski definition) is 5. The highest BCUT2D eigenvalue weighted by Crippen LogP contribution is 2.71. The second-order valence-corrected chi connectivity index (χ2v) is 44.6. The van der Waals surface area contributed by atoms with Gasteiger partial charge in [0, 0.05) is 45.4 Å². The van der Waals surface area contributed by atoms with E-state index in [9.17, 15) is 14.4 Å². The van der Waals surface area contributed by atoms with Crippen molar-refractivity contribution in [3.8, 4) is 0 Å². The SMILES string of the molecule is CC(C)CCCC(C)C1CCC2C3CC=C4CC(OC(=O)NCCCN(CCCCN(CCCNC(=O)OC5CCC6(C)C(=CCC7C6CCC6(C)C(C(C)CCCC(C)C)CCC76)C5)CCCNC(=O)OC5CCC6(C)C(=CCC7C6CCC6(C)C(C(C)CCCC(C)C)CCC76)C5)CCCN=C(N)N)CCC4(C)C3CCC12C. The fraction of sp³-hybridized carbons (Fsp3) is 0.901. The molecule has 0 saturated heterocycles. The van der Waals surface area contributed by atoms with Gasteiger partial charge in [0.15, 0.2) is 5.96 Å². The summed E-state index contributed by atoms with van der Waals surface area (Å²) in [6.45, 7) is 45.3. The van der Waals surface area contributed by atoms with Gasteiger partial charge in [0.2, 0.25) is 0 Å². The number of allylic oxidation sites excluding steroid dienone is 3. The molecule has 12 aliphatic carbocycles. The number of ether oxygens (including phenoxy) is 3.